The molecule has 1 aliphatic rings. The number of carbonyl (C=O) groups excluding carboxylic acids is 1. The third-order valence-corrected chi connectivity index (χ3v) is 3.92. The lowest BCUT2D eigenvalue weighted by Gasteiger charge is -2.30. The maximum atomic E-state index is 12.4. The highest BCUT2D eigenvalue weighted by Gasteiger charge is 2.33. The van der Waals surface area contributed by atoms with Crippen molar-refractivity contribution in [1.82, 2.24) is 5.32 Å². The largest absolute Gasteiger partial charge is 0.492 e. The van der Waals surface area contributed by atoms with Crippen LogP contribution in [0.5, 0.6) is 5.75 Å². The summed E-state index contributed by atoms with van der Waals surface area (Å²) < 4.78 is 5.55. The van der Waals surface area contributed by atoms with Crippen LogP contribution in [-0.2, 0) is 4.79 Å². The highest BCUT2D eigenvalue weighted by atomic mass is 16.5. The van der Waals surface area contributed by atoms with Gasteiger partial charge in [-0.2, -0.15) is 0 Å². The molecule has 4 nitrogen and oxygen atoms in total. The van der Waals surface area contributed by atoms with E-state index in [9.17, 15) is 4.79 Å². The van der Waals surface area contributed by atoms with Crippen LogP contribution in [0.1, 0.15) is 38.2 Å². The van der Waals surface area contributed by atoms with Gasteiger partial charge in [-0.15, -0.1) is 0 Å². The molecule has 1 amide bonds. The van der Waals surface area contributed by atoms with Crippen LogP contribution in [0.4, 0.5) is 0 Å². The normalized spacial score (nSPS) is 20.3. The maximum Gasteiger partial charge on any atom is 0.231 e. The van der Waals surface area contributed by atoms with Crippen molar-refractivity contribution in [3.05, 3.63) is 29.8 Å². The van der Waals surface area contributed by atoms with Crippen molar-refractivity contribution in [2.75, 3.05) is 13.2 Å². The first-order chi connectivity index (χ1) is 9.09. The van der Waals surface area contributed by atoms with E-state index in [1.54, 1.807) is 0 Å². The molecule has 2 rings (SSSR count). The minimum Gasteiger partial charge on any atom is -0.492 e. The summed E-state index contributed by atoms with van der Waals surface area (Å²) in [5.41, 5.74) is 6.37. The summed E-state index contributed by atoms with van der Waals surface area (Å²) in [6, 6.07) is 7.72. The van der Waals surface area contributed by atoms with Gasteiger partial charge in [0.25, 0.3) is 0 Å². The van der Waals surface area contributed by atoms with Gasteiger partial charge in [0.05, 0.1) is 0 Å². The van der Waals surface area contributed by atoms with E-state index < -0.39 is 0 Å². The molecule has 0 fully saturated rings. The zero-order valence-electron chi connectivity index (χ0n) is 11.6. The Morgan fingerprint density at radius 1 is 1.53 bits per heavy atom. The summed E-state index contributed by atoms with van der Waals surface area (Å²) in [6.07, 6.45) is 1.65. The van der Waals surface area contributed by atoms with Crippen LogP contribution in [0.15, 0.2) is 24.3 Å². The molecule has 0 spiro atoms. The van der Waals surface area contributed by atoms with Crippen molar-refractivity contribution < 1.29 is 9.53 Å². The van der Waals surface area contributed by atoms with E-state index in [4.69, 9.17) is 10.5 Å². The zero-order valence-corrected chi connectivity index (χ0v) is 11.6. The molecule has 0 aromatic heterocycles. The van der Waals surface area contributed by atoms with Gasteiger partial charge in [0, 0.05) is 11.1 Å². The number of nitrogens with one attached hydrogen (secondary N) is 1. The monoisotopic (exact) mass is 262 g/mol. The molecule has 0 radical (unpaired) electrons. The second kappa shape index (κ2) is 5.61. The van der Waals surface area contributed by atoms with Crippen molar-refractivity contribution in [1.29, 1.82) is 0 Å². The number of hydrogen-bond acceptors (Lipinski definition) is 3. The summed E-state index contributed by atoms with van der Waals surface area (Å²) in [5.74, 6) is 0.641. The number of benzene rings is 1. The molecule has 3 N–H and O–H groups in total. The molecule has 0 bridgehead atoms. The Bertz CT molecular complexity index is 461. The fourth-order valence-corrected chi connectivity index (χ4v) is 2.41. The zero-order chi connectivity index (χ0) is 13.9. The molecule has 1 aliphatic heterocycles. The molecule has 104 valence electrons. The number of fused-ring (bicyclic) bond motifs is 1. The lowest BCUT2D eigenvalue weighted by atomic mass is 9.92. The van der Waals surface area contributed by atoms with E-state index in [1.165, 1.54) is 0 Å². The lowest BCUT2D eigenvalue weighted by Crippen LogP contribution is -2.48. The third-order valence-electron chi connectivity index (χ3n) is 3.92. The number of amides is 1. The van der Waals surface area contributed by atoms with Gasteiger partial charge in [0.1, 0.15) is 18.3 Å². The van der Waals surface area contributed by atoms with Crippen LogP contribution in [0.2, 0.25) is 0 Å². The van der Waals surface area contributed by atoms with Gasteiger partial charge in [-0.05, 0) is 32.4 Å². The number of para-hydroxylation sites is 1. The first kappa shape index (κ1) is 13.9. The molecule has 0 saturated heterocycles. The Hall–Kier alpha value is -1.55. The molecular formula is C15H22N2O2. The summed E-state index contributed by atoms with van der Waals surface area (Å²) in [5, 5.41) is 3.13. The highest BCUT2D eigenvalue weighted by molar-refractivity contribution is 5.86. The predicted molar refractivity (Wildman–Crippen MR) is 75.2 cm³/mol. The van der Waals surface area contributed by atoms with Gasteiger partial charge in [-0.1, -0.05) is 25.1 Å². The van der Waals surface area contributed by atoms with Crippen molar-refractivity contribution in [2.24, 2.45) is 5.73 Å². The fraction of sp³-hybridized carbons (Fsp3) is 0.533. The highest BCUT2D eigenvalue weighted by Crippen LogP contribution is 2.34. The predicted octanol–water partition coefficient (Wildman–Crippen LogP) is 1.80. The molecule has 2 unspecified atom stereocenters. The van der Waals surface area contributed by atoms with Crippen LogP contribution in [0.3, 0.4) is 0 Å². The Morgan fingerprint density at radius 3 is 2.95 bits per heavy atom. The quantitative estimate of drug-likeness (QED) is 0.850. The van der Waals surface area contributed by atoms with Crippen molar-refractivity contribution in [2.45, 2.75) is 38.1 Å². The number of ether oxygens (including phenoxy) is 1. The summed E-state index contributed by atoms with van der Waals surface area (Å²) in [7, 11) is 0. The molecule has 0 aliphatic carbocycles. The van der Waals surface area contributed by atoms with E-state index >= 15 is 0 Å². The van der Waals surface area contributed by atoms with Crippen LogP contribution in [0.25, 0.3) is 0 Å². The number of rotatable bonds is 5. The molecule has 19 heavy (non-hydrogen) atoms. The average Bonchev–Trinajstić information content (AvgIpc) is 2.83. The van der Waals surface area contributed by atoms with Crippen LogP contribution in [-0.4, -0.2) is 24.6 Å². The van der Waals surface area contributed by atoms with Gasteiger partial charge in [0.15, 0.2) is 0 Å². The van der Waals surface area contributed by atoms with Gasteiger partial charge < -0.3 is 15.8 Å². The fourth-order valence-electron chi connectivity index (χ4n) is 2.41. The third kappa shape index (κ3) is 2.89. The van der Waals surface area contributed by atoms with Crippen molar-refractivity contribution in [3.63, 3.8) is 0 Å². The summed E-state index contributed by atoms with van der Waals surface area (Å²) in [4.78, 5) is 12.4. The molecule has 0 saturated carbocycles. The van der Waals surface area contributed by atoms with E-state index in [0.717, 1.165) is 24.2 Å². The standard InChI is InChI=1S/C15H22N2O2/c1-3-15(2,8-9-16)17-14(18)12-10-19-13-7-5-4-6-11(12)13/h4-7,12H,3,8-10,16H2,1-2H3,(H,17,18). The lowest BCUT2D eigenvalue weighted by molar-refractivity contribution is -0.124. The Kier molecular flexibility index (Phi) is 4.10. The molecule has 1 aromatic rings. The minimum atomic E-state index is -0.233. The van der Waals surface area contributed by atoms with Gasteiger partial charge in [0.2, 0.25) is 5.91 Å². The Balaban J connectivity index is 2.10. The smallest absolute Gasteiger partial charge is 0.231 e. The topological polar surface area (TPSA) is 64.3 Å². The average molecular weight is 262 g/mol. The van der Waals surface area contributed by atoms with Crippen LogP contribution in [0, 0.1) is 0 Å². The molecular weight excluding hydrogens is 240 g/mol. The first-order valence-electron chi connectivity index (χ1n) is 6.83. The van der Waals surface area contributed by atoms with E-state index in [2.05, 4.69) is 12.2 Å². The summed E-state index contributed by atoms with van der Waals surface area (Å²) >= 11 is 0. The van der Waals surface area contributed by atoms with E-state index in [-0.39, 0.29) is 17.4 Å². The second-order valence-corrected chi connectivity index (χ2v) is 5.34. The molecule has 4 heteroatoms. The number of carbonyl (C=O) groups is 1. The van der Waals surface area contributed by atoms with E-state index in [0.29, 0.717) is 13.2 Å². The van der Waals surface area contributed by atoms with Gasteiger partial charge in [-0.3, -0.25) is 4.79 Å². The number of hydrogen-bond donors (Lipinski definition) is 2. The van der Waals surface area contributed by atoms with Gasteiger partial charge in [-0.25, -0.2) is 0 Å². The maximum absolute atomic E-state index is 12.4. The molecule has 1 aromatic carbocycles. The Labute approximate surface area is 114 Å². The van der Waals surface area contributed by atoms with Crippen molar-refractivity contribution >= 4 is 5.91 Å². The Morgan fingerprint density at radius 2 is 2.26 bits per heavy atom. The van der Waals surface area contributed by atoms with Crippen molar-refractivity contribution in [3.8, 4) is 5.75 Å². The SMILES string of the molecule is CCC(C)(CCN)NC(=O)C1COc2ccccc21. The number of nitrogens with two attached hydrogens (primary N) is 1. The molecule has 2 atom stereocenters. The second-order valence-electron chi connectivity index (χ2n) is 5.34. The molecule has 1 heterocycles. The van der Waals surface area contributed by atoms with Crippen LogP contribution >= 0.6 is 0 Å². The van der Waals surface area contributed by atoms with E-state index in [1.807, 2.05) is 31.2 Å². The summed E-state index contributed by atoms with van der Waals surface area (Å²) in [6.45, 7) is 5.10. The minimum absolute atomic E-state index is 0.0303. The van der Waals surface area contributed by atoms with Gasteiger partial charge >= 0.3 is 0 Å². The first-order valence-corrected chi connectivity index (χ1v) is 6.83. The van der Waals surface area contributed by atoms with Crippen LogP contribution < -0.4 is 15.8 Å².